The monoisotopic (exact) mass is 166 g/mol. The van der Waals surface area contributed by atoms with Crippen molar-refractivity contribution in [2.45, 2.75) is 0 Å². The van der Waals surface area contributed by atoms with Crippen LogP contribution in [0.25, 0.3) is 0 Å². The number of carbonyl (C=O) groups excluding carboxylic acids is 1. The first-order chi connectivity index (χ1) is 5.77. The summed E-state index contributed by atoms with van der Waals surface area (Å²) in [5, 5.41) is 2.42. The van der Waals surface area contributed by atoms with Crippen molar-refractivity contribution in [3.8, 4) is 5.88 Å². The van der Waals surface area contributed by atoms with Crippen LogP contribution in [0, 0.1) is 0 Å². The molecule has 62 valence electrons. The second-order valence-corrected chi connectivity index (χ2v) is 2.38. The number of H-pyrrole nitrogens is 1. The molecule has 0 spiro atoms. The average Bonchev–Trinajstić information content (AvgIpc) is 2.07. The largest absolute Gasteiger partial charge is 0.467 e. The van der Waals surface area contributed by atoms with E-state index in [1.807, 2.05) is 0 Å². The highest BCUT2D eigenvalue weighted by molar-refractivity contribution is 5.94. The third-order valence-corrected chi connectivity index (χ3v) is 1.53. The van der Waals surface area contributed by atoms with E-state index in [1.54, 1.807) is 0 Å². The Labute approximate surface area is 67.4 Å². The lowest BCUT2D eigenvalue weighted by molar-refractivity contribution is -0.118. The van der Waals surface area contributed by atoms with E-state index in [1.165, 1.54) is 12.3 Å². The highest BCUT2D eigenvalue weighted by Gasteiger charge is 2.17. The lowest BCUT2D eigenvalue weighted by Gasteiger charge is -2.15. The van der Waals surface area contributed by atoms with Gasteiger partial charge in [0.25, 0.3) is 5.91 Å². The van der Waals surface area contributed by atoms with Crippen LogP contribution in [-0.2, 0) is 4.79 Å². The van der Waals surface area contributed by atoms with E-state index in [-0.39, 0.29) is 23.6 Å². The fourth-order valence-electron chi connectivity index (χ4n) is 1.01. The summed E-state index contributed by atoms with van der Waals surface area (Å²) in [6.07, 6.45) is 1.47. The number of fused-ring (bicyclic) bond motifs is 1. The van der Waals surface area contributed by atoms with Crippen molar-refractivity contribution < 1.29 is 9.53 Å². The maximum Gasteiger partial charge on any atom is 0.262 e. The number of ether oxygens (including phenoxy) is 1. The van der Waals surface area contributed by atoms with Crippen molar-refractivity contribution in [3.05, 3.63) is 22.5 Å². The first-order valence-electron chi connectivity index (χ1n) is 3.42. The highest BCUT2D eigenvalue weighted by Crippen LogP contribution is 2.18. The molecule has 0 bridgehead atoms. The van der Waals surface area contributed by atoms with Crippen LogP contribution >= 0.6 is 0 Å². The average molecular weight is 166 g/mol. The van der Waals surface area contributed by atoms with Gasteiger partial charge in [-0.25, -0.2) is 0 Å². The van der Waals surface area contributed by atoms with Crippen LogP contribution < -0.4 is 15.5 Å². The standard InChI is InChI=1S/C7H6N2O3/c10-4-1-2-8-7-6(4)9-5(11)3-12-7/h1-2H,3H2,(H,8,10)(H,9,11). The van der Waals surface area contributed by atoms with Crippen LogP contribution in [0.5, 0.6) is 5.88 Å². The summed E-state index contributed by atoms with van der Waals surface area (Å²) >= 11 is 0. The van der Waals surface area contributed by atoms with Gasteiger partial charge in [-0.1, -0.05) is 0 Å². The molecule has 0 aromatic carbocycles. The van der Waals surface area contributed by atoms with E-state index < -0.39 is 0 Å². The number of aromatic amines is 1. The summed E-state index contributed by atoms with van der Waals surface area (Å²) in [5.74, 6) is 0.0151. The first-order valence-corrected chi connectivity index (χ1v) is 3.42. The van der Waals surface area contributed by atoms with Gasteiger partial charge in [-0.3, -0.25) is 9.59 Å². The number of rotatable bonds is 0. The number of carbonyl (C=O) groups is 1. The number of nitrogens with one attached hydrogen (secondary N) is 2. The zero-order valence-corrected chi connectivity index (χ0v) is 6.09. The van der Waals surface area contributed by atoms with E-state index >= 15 is 0 Å². The van der Waals surface area contributed by atoms with Gasteiger partial charge < -0.3 is 15.0 Å². The molecular weight excluding hydrogens is 160 g/mol. The molecule has 0 saturated heterocycles. The third-order valence-electron chi connectivity index (χ3n) is 1.53. The first kappa shape index (κ1) is 6.90. The van der Waals surface area contributed by atoms with E-state index in [9.17, 15) is 9.59 Å². The molecule has 5 nitrogen and oxygen atoms in total. The molecule has 0 atom stereocenters. The summed E-state index contributed by atoms with van der Waals surface area (Å²) in [6.45, 7) is -0.0487. The lowest BCUT2D eigenvalue weighted by Crippen LogP contribution is -2.29. The van der Waals surface area contributed by atoms with Crippen molar-refractivity contribution in [3.63, 3.8) is 0 Å². The minimum Gasteiger partial charge on any atom is -0.467 e. The second kappa shape index (κ2) is 2.37. The Balaban J connectivity index is 2.57. The molecule has 2 heterocycles. The molecule has 0 saturated carbocycles. The van der Waals surface area contributed by atoms with Crippen LogP contribution in [-0.4, -0.2) is 17.5 Å². The zero-order valence-electron chi connectivity index (χ0n) is 6.09. The third kappa shape index (κ3) is 0.952. The molecule has 0 radical (unpaired) electrons. The van der Waals surface area contributed by atoms with Gasteiger partial charge in [0, 0.05) is 12.3 Å². The number of hydrogen-bond donors (Lipinski definition) is 2. The SMILES string of the molecule is O=C1COc2[nH]ccc(=O)c2N1. The van der Waals surface area contributed by atoms with E-state index in [0.29, 0.717) is 5.88 Å². The van der Waals surface area contributed by atoms with Crippen molar-refractivity contribution in [2.24, 2.45) is 0 Å². The number of pyridine rings is 1. The number of hydrogen-bond acceptors (Lipinski definition) is 3. The predicted octanol–water partition coefficient (Wildman–Crippen LogP) is -0.294. The topological polar surface area (TPSA) is 71.2 Å². The van der Waals surface area contributed by atoms with Gasteiger partial charge in [-0.2, -0.15) is 0 Å². The number of aromatic nitrogens is 1. The van der Waals surface area contributed by atoms with E-state index in [2.05, 4.69) is 10.3 Å². The summed E-state index contributed by atoms with van der Waals surface area (Å²) in [7, 11) is 0. The van der Waals surface area contributed by atoms with Crippen LogP contribution in [0.1, 0.15) is 0 Å². The van der Waals surface area contributed by atoms with Crippen molar-refractivity contribution in [2.75, 3.05) is 11.9 Å². The maximum atomic E-state index is 11.1. The summed E-state index contributed by atoms with van der Waals surface area (Å²) in [4.78, 5) is 24.6. The molecular formula is C7H6N2O3. The summed E-state index contributed by atoms with van der Waals surface area (Å²) in [6, 6.07) is 1.33. The Hall–Kier alpha value is -1.78. The van der Waals surface area contributed by atoms with Crippen molar-refractivity contribution in [1.82, 2.24) is 4.98 Å². The Bertz CT molecular complexity index is 382. The molecule has 5 heteroatoms. The molecule has 2 N–H and O–H groups in total. The molecule has 0 aliphatic carbocycles. The quantitative estimate of drug-likeness (QED) is 0.556. The van der Waals surface area contributed by atoms with Crippen molar-refractivity contribution in [1.29, 1.82) is 0 Å². The van der Waals surface area contributed by atoms with Crippen LogP contribution in [0.15, 0.2) is 17.1 Å². The Kier molecular flexibility index (Phi) is 1.36. The fourth-order valence-corrected chi connectivity index (χ4v) is 1.01. The molecule has 2 rings (SSSR count). The predicted molar refractivity (Wildman–Crippen MR) is 41.2 cm³/mol. The Morgan fingerprint density at radius 3 is 3.08 bits per heavy atom. The van der Waals surface area contributed by atoms with Gasteiger partial charge >= 0.3 is 0 Å². The van der Waals surface area contributed by atoms with Gasteiger partial charge in [-0.05, 0) is 0 Å². The smallest absolute Gasteiger partial charge is 0.262 e. The van der Waals surface area contributed by atoms with Gasteiger partial charge in [0.2, 0.25) is 11.3 Å². The molecule has 1 aliphatic heterocycles. The molecule has 1 amide bonds. The minimum absolute atomic E-state index is 0.0487. The van der Waals surface area contributed by atoms with Gasteiger partial charge in [0.05, 0.1) is 0 Å². The Morgan fingerprint density at radius 1 is 1.42 bits per heavy atom. The van der Waals surface area contributed by atoms with Crippen LogP contribution in [0.3, 0.4) is 0 Å². The molecule has 1 aromatic heterocycles. The fraction of sp³-hybridized carbons (Fsp3) is 0.143. The Morgan fingerprint density at radius 2 is 2.25 bits per heavy atom. The summed E-state index contributed by atoms with van der Waals surface area (Å²) in [5.41, 5.74) is -0.0643. The number of anilines is 1. The summed E-state index contributed by atoms with van der Waals surface area (Å²) < 4.78 is 4.95. The van der Waals surface area contributed by atoms with E-state index in [4.69, 9.17) is 4.74 Å². The second-order valence-electron chi connectivity index (χ2n) is 2.38. The van der Waals surface area contributed by atoms with Gasteiger partial charge in [-0.15, -0.1) is 0 Å². The minimum atomic E-state index is -0.306. The van der Waals surface area contributed by atoms with Gasteiger partial charge in [0.1, 0.15) is 5.69 Å². The molecule has 1 aliphatic rings. The number of amides is 1. The molecule has 0 fully saturated rings. The normalized spacial score (nSPS) is 14.5. The van der Waals surface area contributed by atoms with Crippen molar-refractivity contribution >= 4 is 11.6 Å². The van der Waals surface area contributed by atoms with E-state index in [0.717, 1.165) is 0 Å². The van der Waals surface area contributed by atoms with Crippen LogP contribution in [0.4, 0.5) is 5.69 Å². The zero-order chi connectivity index (χ0) is 8.55. The highest BCUT2D eigenvalue weighted by atomic mass is 16.5. The molecule has 0 unspecified atom stereocenters. The van der Waals surface area contributed by atoms with Crippen LogP contribution in [0.2, 0.25) is 0 Å². The molecule has 1 aromatic rings. The molecule has 12 heavy (non-hydrogen) atoms. The maximum absolute atomic E-state index is 11.1. The van der Waals surface area contributed by atoms with Gasteiger partial charge in [0.15, 0.2) is 6.61 Å². The lowest BCUT2D eigenvalue weighted by atomic mass is 10.3.